The number of hydrogen-bond acceptors (Lipinski definition) is 5. The second kappa shape index (κ2) is 6.18. The summed E-state index contributed by atoms with van der Waals surface area (Å²) in [5.74, 6) is 0.806. The van der Waals surface area contributed by atoms with Crippen LogP contribution in [-0.2, 0) is 0 Å². The Morgan fingerprint density at radius 3 is 2.40 bits per heavy atom. The second-order valence-electron chi connectivity index (χ2n) is 3.96. The first-order valence-electron chi connectivity index (χ1n) is 6.19. The number of nitrogens with one attached hydrogen (secondary N) is 1. The molecule has 0 amide bonds. The van der Waals surface area contributed by atoms with Gasteiger partial charge in [-0.05, 0) is 19.1 Å². The molecular weight excluding hydrogens is 261 g/mol. The molecule has 5 nitrogen and oxygen atoms in total. The van der Waals surface area contributed by atoms with Crippen LogP contribution in [-0.4, -0.2) is 30.7 Å². The topological polar surface area (TPSA) is 56.3 Å². The molecule has 0 fully saturated rings. The zero-order chi connectivity index (χ0) is 14.5. The molecule has 2 rings (SSSR count). The Kier molecular flexibility index (Phi) is 4.34. The van der Waals surface area contributed by atoms with Crippen LogP contribution >= 0.6 is 0 Å². The van der Waals surface area contributed by atoms with Gasteiger partial charge in [0, 0.05) is 6.54 Å². The number of ether oxygens (including phenoxy) is 2. The molecule has 1 N–H and O–H groups in total. The van der Waals surface area contributed by atoms with E-state index < -0.39 is 5.82 Å². The highest BCUT2D eigenvalue weighted by Gasteiger charge is 2.18. The third-order valence-corrected chi connectivity index (χ3v) is 2.74. The van der Waals surface area contributed by atoms with Crippen LogP contribution in [0.3, 0.4) is 0 Å². The quantitative estimate of drug-likeness (QED) is 0.910. The van der Waals surface area contributed by atoms with Crippen LogP contribution < -0.4 is 14.8 Å². The summed E-state index contributed by atoms with van der Waals surface area (Å²) in [6.45, 7) is 2.56. The molecule has 0 aliphatic carbocycles. The summed E-state index contributed by atoms with van der Waals surface area (Å²) >= 11 is 0. The molecule has 0 radical (unpaired) electrons. The van der Waals surface area contributed by atoms with E-state index in [2.05, 4.69) is 15.3 Å². The summed E-state index contributed by atoms with van der Waals surface area (Å²) in [4.78, 5) is 8.08. The molecule has 6 heteroatoms. The molecule has 2 aromatic rings. The van der Waals surface area contributed by atoms with Crippen LogP contribution in [0.25, 0.3) is 11.3 Å². The standard InChI is InChI=1S/C14H16FN3O2/c1-4-16-14-17-8-9(15)13(18-14)12-10(19-2)6-5-7-11(12)20-3/h5-8H,4H2,1-3H3,(H,16,17,18). The number of nitrogens with zero attached hydrogens (tertiary/aromatic N) is 2. The zero-order valence-corrected chi connectivity index (χ0v) is 11.6. The van der Waals surface area contributed by atoms with Crippen molar-refractivity contribution in [1.29, 1.82) is 0 Å². The smallest absolute Gasteiger partial charge is 0.223 e. The van der Waals surface area contributed by atoms with Gasteiger partial charge in [-0.25, -0.2) is 14.4 Å². The molecule has 0 spiro atoms. The van der Waals surface area contributed by atoms with E-state index in [1.807, 2.05) is 6.92 Å². The van der Waals surface area contributed by atoms with Gasteiger partial charge in [-0.15, -0.1) is 0 Å². The highest BCUT2D eigenvalue weighted by molar-refractivity contribution is 5.75. The molecule has 0 aliphatic heterocycles. The molecule has 20 heavy (non-hydrogen) atoms. The predicted molar refractivity (Wildman–Crippen MR) is 74.7 cm³/mol. The maximum atomic E-state index is 14.1. The third-order valence-electron chi connectivity index (χ3n) is 2.74. The van der Waals surface area contributed by atoms with Gasteiger partial charge < -0.3 is 14.8 Å². The van der Waals surface area contributed by atoms with Crippen molar-refractivity contribution in [3.05, 3.63) is 30.2 Å². The van der Waals surface area contributed by atoms with Crippen molar-refractivity contribution in [2.24, 2.45) is 0 Å². The van der Waals surface area contributed by atoms with Crippen LogP contribution in [0.15, 0.2) is 24.4 Å². The Bertz CT molecular complexity index is 583. The van der Waals surface area contributed by atoms with Gasteiger partial charge in [0.1, 0.15) is 17.2 Å². The van der Waals surface area contributed by atoms with E-state index in [4.69, 9.17) is 9.47 Å². The molecule has 1 aromatic carbocycles. The highest BCUT2D eigenvalue weighted by Crippen LogP contribution is 2.38. The van der Waals surface area contributed by atoms with Crippen molar-refractivity contribution in [3.8, 4) is 22.8 Å². The minimum Gasteiger partial charge on any atom is -0.496 e. The molecule has 1 aromatic heterocycles. The molecule has 0 saturated heterocycles. The SMILES string of the molecule is CCNc1ncc(F)c(-c2c(OC)cccc2OC)n1. The van der Waals surface area contributed by atoms with Crippen molar-refractivity contribution in [2.45, 2.75) is 6.92 Å². The maximum absolute atomic E-state index is 14.1. The van der Waals surface area contributed by atoms with Gasteiger partial charge in [0.25, 0.3) is 0 Å². The van der Waals surface area contributed by atoms with Crippen molar-refractivity contribution >= 4 is 5.95 Å². The minimum atomic E-state index is -0.533. The van der Waals surface area contributed by atoms with Crippen molar-refractivity contribution in [3.63, 3.8) is 0 Å². The molecule has 0 unspecified atom stereocenters. The first kappa shape index (κ1) is 14.0. The van der Waals surface area contributed by atoms with E-state index >= 15 is 0 Å². The monoisotopic (exact) mass is 277 g/mol. The molecular formula is C14H16FN3O2. The molecule has 0 aliphatic rings. The first-order chi connectivity index (χ1) is 9.71. The van der Waals surface area contributed by atoms with Crippen LogP contribution in [0.2, 0.25) is 0 Å². The number of aromatic nitrogens is 2. The Hall–Kier alpha value is -2.37. The van der Waals surface area contributed by atoms with Gasteiger partial charge in [0.15, 0.2) is 5.82 Å². The van der Waals surface area contributed by atoms with Crippen LogP contribution in [0.4, 0.5) is 10.3 Å². The minimum absolute atomic E-state index is 0.144. The molecule has 0 bridgehead atoms. The normalized spacial score (nSPS) is 10.2. The van der Waals surface area contributed by atoms with Crippen molar-refractivity contribution in [2.75, 3.05) is 26.1 Å². The molecule has 0 saturated carbocycles. The number of halogens is 1. The fourth-order valence-corrected chi connectivity index (χ4v) is 1.87. The van der Waals surface area contributed by atoms with Crippen LogP contribution in [0.5, 0.6) is 11.5 Å². The number of benzene rings is 1. The van der Waals surface area contributed by atoms with Gasteiger partial charge in [-0.2, -0.15) is 0 Å². The number of hydrogen-bond donors (Lipinski definition) is 1. The van der Waals surface area contributed by atoms with Crippen molar-refractivity contribution in [1.82, 2.24) is 9.97 Å². The molecule has 0 atom stereocenters. The lowest BCUT2D eigenvalue weighted by molar-refractivity contribution is 0.396. The summed E-state index contributed by atoms with van der Waals surface area (Å²) in [7, 11) is 3.03. The second-order valence-corrected chi connectivity index (χ2v) is 3.96. The number of rotatable bonds is 5. The Morgan fingerprint density at radius 1 is 1.20 bits per heavy atom. The van der Waals surface area contributed by atoms with E-state index in [9.17, 15) is 4.39 Å². The largest absolute Gasteiger partial charge is 0.496 e. The first-order valence-corrected chi connectivity index (χ1v) is 6.19. The van der Waals surface area contributed by atoms with Gasteiger partial charge in [-0.1, -0.05) is 6.07 Å². The lowest BCUT2D eigenvalue weighted by Crippen LogP contribution is -2.05. The summed E-state index contributed by atoms with van der Waals surface area (Å²) in [5.41, 5.74) is 0.613. The highest BCUT2D eigenvalue weighted by atomic mass is 19.1. The molecule has 1 heterocycles. The summed E-state index contributed by atoms with van der Waals surface area (Å²) in [5, 5.41) is 2.95. The summed E-state index contributed by atoms with van der Waals surface area (Å²) < 4.78 is 24.6. The Labute approximate surface area is 116 Å². The lowest BCUT2D eigenvalue weighted by Gasteiger charge is -2.13. The average Bonchev–Trinajstić information content (AvgIpc) is 2.48. The fraction of sp³-hybridized carbons (Fsp3) is 0.286. The van der Waals surface area contributed by atoms with E-state index in [-0.39, 0.29) is 5.69 Å². The zero-order valence-electron chi connectivity index (χ0n) is 11.6. The maximum Gasteiger partial charge on any atom is 0.223 e. The summed E-state index contributed by atoms with van der Waals surface area (Å²) in [6, 6.07) is 5.23. The lowest BCUT2D eigenvalue weighted by atomic mass is 10.1. The number of anilines is 1. The van der Waals surface area contributed by atoms with Gasteiger partial charge in [0.05, 0.1) is 26.0 Å². The summed E-state index contributed by atoms with van der Waals surface area (Å²) in [6.07, 6.45) is 1.13. The van der Waals surface area contributed by atoms with E-state index in [0.717, 1.165) is 6.20 Å². The van der Waals surface area contributed by atoms with Crippen LogP contribution in [0, 0.1) is 5.82 Å². The number of methoxy groups -OCH3 is 2. The predicted octanol–water partition coefficient (Wildman–Crippen LogP) is 2.73. The van der Waals surface area contributed by atoms with E-state index in [1.165, 1.54) is 14.2 Å². The van der Waals surface area contributed by atoms with Gasteiger partial charge >= 0.3 is 0 Å². The Morgan fingerprint density at radius 2 is 1.85 bits per heavy atom. The van der Waals surface area contributed by atoms with Gasteiger partial charge in [-0.3, -0.25) is 0 Å². The van der Waals surface area contributed by atoms with Crippen molar-refractivity contribution < 1.29 is 13.9 Å². The third kappa shape index (κ3) is 2.64. The average molecular weight is 277 g/mol. The van der Waals surface area contributed by atoms with Crippen LogP contribution in [0.1, 0.15) is 6.92 Å². The van der Waals surface area contributed by atoms with E-state index in [1.54, 1.807) is 18.2 Å². The fourth-order valence-electron chi connectivity index (χ4n) is 1.87. The Balaban J connectivity index is 2.63. The van der Waals surface area contributed by atoms with Gasteiger partial charge in [0.2, 0.25) is 5.95 Å². The van der Waals surface area contributed by atoms with E-state index in [0.29, 0.717) is 29.6 Å². The molecule has 106 valence electrons.